The number of rotatable bonds is 11. The van der Waals surface area contributed by atoms with Gasteiger partial charge >= 0.3 is 6.18 Å². The van der Waals surface area contributed by atoms with Gasteiger partial charge in [-0.15, -0.1) is 0 Å². The van der Waals surface area contributed by atoms with Gasteiger partial charge in [0.05, 0.1) is 43.4 Å². The Hall–Kier alpha value is -4.72. The minimum absolute atomic E-state index is 0.0694. The highest BCUT2D eigenvalue weighted by Gasteiger charge is 2.32. The largest absolute Gasteiger partial charge is 0.438 e. The van der Waals surface area contributed by atoms with Gasteiger partial charge in [-0.3, -0.25) is 9.69 Å². The normalized spacial score (nSPS) is 15.6. The van der Waals surface area contributed by atoms with Crippen molar-refractivity contribution in [3.05, 3.63) is 89.7 Å². The number of carbonyl (C=O) groups is 1. The number of ether oxygens (including phenoxy) is 3. The first-order valence-electron chi connectivity index (χ1n) is 16.3. The molecule has 4 aromatic rings. The predicted octanol–water partition coefficient (Wildman–Crippen LogP) is 6.49. The van der Waals surface area contributed by atoms with Gasteiger partial charge in [-0.25, -0.2) is 9.97 Å². The second kappa shape index (κ2) is 15.7. The number of aromatic nitrogens is 2. The molecule has 6 rings (SSSR count). The van der Waals surface area contributed by atoms with Crippen LogP contribution in [-0.2, 0) is 15.7 Å². The lowest BCUT2D eigenvalue weighted by molar-refractivity contribution is -0.137. The summed E-state index contributed by atoms with van der Waals surface area (Å²) in [5, 5.41) is 6.12. The van der Waals surface area contributed by atoms with Gasteiger partial charge in [0, 0.05) is 56.2 Å². The summed E-state index contributed by atoms with van der Waals surface area (Å²) in [4.78, 5) is 26.8. The van der Waals surface area contributed by atoms with Gasteiger partial charge in [0.1, 0.15) is 11.6 Å². The molecule has 0 bridgehead atoms. The minimum atomic E-state index is -4.57. The summed E-state index contributed by atoms with van der Waals surface area (Å²) in [6.07, 6.45) is -0.245. The van der Waals surface area contributed by atoms with Gasteiger partial charge in [0.15, 0.2) is 0 Å². The van der Waals surface area contributed by atoms with E-state index in [4.69, 9.17) is 14.2 Å². The Labute approximate surface area is 283 Å². The fraction of sp³-hybridized carbons (Fsp3) is 0.361. The number of alkyl halides is 3. The van der Waals surface area contributed by atoms with Crippen molar-refractivity contribution in [3.63, 3.8) is 0 Å². The molecule has 258 valence electrons. The fourth-order valence-corrected chi connectivity index (χ4v) is 5.77. The van der Waals surface area contributed by atoms with E-state index in [9.17, 15) is 18.0 Å². The summed E-state index contributed by atoms with van der Waals surface area (Å²) in [5.74, 6) is 0.884. The van der Waals surface area contributed by atoms with E-state index < -0.39 is 17.6 Å². The SMILES string of the molecule is Cc1ccc(C(=O)Nc2cc(C(F)(F)F)ccc2N2CCOCC2)cc1Oc1ncccc1-c1ccnc(NCCCN2CCOCC2)c1. The standard InChI is InChI=1S/C36H39F3N6O4/c1-25-5-6-27(34(46)43-30-24-28(36(37,38)39)7-8-31(30)45-16-20-48-21-17-45)22-32(25)49-35-29(4-2-10-42-35)26-9-12-41-33(23-26)40-11-3-13-44-14-18-47-19-15-44/h2,4-10,12,22-24H,3,11,13-21H2,1H3,(H,40,41)(H,43,46). The summed E-state index contributed by atoms with van der Waals surface area (Å²) in [7, 11) is 0. The van der Waals surface area contributed by atoms with Crippen LogP contribution in [0.15, 0.2) is 73.1 Å². The Morgan fingerprint density at radius 1 is 0.918 bits per heavy atom. The lowest BCUT2D eigenvalue weighted by atomic mass is 10.1. The average molecular weight is 677 g/mol. The Morgan fingerprint density at radius 2 is 1.69 bits per heavy atom. The topological polar surface area (TPSA) is 101 Å². The zero-order valence-corrected chi connectivity index (χ0v) is 27.3. The summed E-state index contributed by atoms with van der Waals surface area (Å²) < 4.78 is 58.0. The molecule has 10 nitrogen and oxygen atoms in total. The molecule has 2 saturated heterocycles. The van der Waals surface area contributed by atoms with Crippen LogP contribution in [0.5, 0.6) is 11.6 Å². The summed E-state index contributed by atoms with van der Waals surface area (Å²) in [6.45, 7) is 8.93. The molecule has 49 heavy (non-hydrogen) atoms. The van der Waals surface area contributed by atoms with Gasteiger partial charge in [-0.1, -0.05) is 6.07 Å². The third-order valence-electron chi connectivity index (χ3n) is 8.48. The highest BCUT2D eigenvalue weighted by atomic mass is 19.4. The second-order valence-electron chi connectivity index (χ2n) is 11.9. The van der Waals surface area contributed by atoms with E-state index in [1.54, 1.807) is 30.6 Å². The van der Waals surface area contributed by atoms with Crippen LogP contribution in [-0.4, -0.2) is 86.5 Å². The van der Waals surface area contributed by atoms with Crippen molar-refractivity contribution in [3.8, 4) is 22.8 Å². The maximum absolute atomic E-state index is 13.6. The number of nitrogens with one attached hydrogen (secondary N) is 2. The number of anilines is 3. The summed E-state index contributed by atoms with van der Waals surface area (Å²) >= 11 is 0. The number of pyridine rings is 2. The van der Waals surface area contributed by atoms with Crippen LogP contribution >= 0.6 is 0 Å². The maximum atomic E-state index is 13.6. The molecule has 0 radical (unpaired) electrons. The van der Waals surface area contributed by atoms with E-state index in [2.05, 4.69) is 25.5 Å². The van der Waals surface area contributed by atoms with Crippen molar-refractivity contribution in [2.24, 2.45) is 0 Å². The van der Waals surface area contributed by atoms with Crippen molar-refractivity contribution < 1.29 is 32.2 Å². The first-order chi connectivity index (χ1) is 23.7. The quantitative estimate of drug-likeness (QED) is 0.173. The van der Waals surface area contributed by atoms with Crippen molar-refractivity contribution >= 4 is 23.1 Å². The number of hydrogen-bond acceptors (Lipinski definition) is 9. The molecule has 2 aromatic heterocycles. The lowest BCUT2D eigenvalue weighted by Crippen LogP contribution is -2.37. The number of hydrogen-bond donors (Lipinski definition) is 2. The molecule has 0 unspecified atom stereocenters. The minimum Gasteiger partial charge on any atom is -0.438 e. The highest BCUT2D eigenvalue weighted by Crippen LogP contribution is 2.37. The van der Waals surface area contributed by atoms with E-state index in [0.29, 0.717) is 43.6 Å². The monoisotopic (exact) mass is 676 g/mol. The van der Waals surface area contributed by atoms with E-state index in [1.165, 1.54) is 6.07 Å². The molecule has 2 aliphatic rings. The second-order valence-corrected chi connectivity index (χ2v) is 11.9. The fourth-order valence-electron chi connectivity index (χ4n) is 5.77. The number of halogens is 3. The third kappa shape index (κ3) is 8.85. The summed E-state index contributed by atoms with van der Waals surface area (Å²) in [6, 6.07) is 15.8. The number of aryl methyl sites for hydroxylation is 1. The zero-order chi connectivity index (χ0) is 34.2. The van der Waals surface area contributed by atoms with Crippen molar-refractivity contribution in [2.45, 2.75) is 19.5 Å². The number of morpholine rings is 2. The van der Waals surface area contributed by atoms with Gasteiger partial charge in [-0.05, 0) is 85.6 Å². The number of carbonyl (C=O) groups excluding carboxylic acids is 1. The van der Waals surface area contributed by atoms with Gasteiger partial charge in [0.25, 0.3) is 5.91 Å². The molecule has 13 heteroatoms. The molecule has 4 heterocycles. The first-order valence-corrected chi connectivity index (χ1v) is 16.3. The van der Waals surface area contributed by atoms with Crippen LogP contribution in [0.4, 0.5) is 30.4 Å². The van der Waals surface area contributed by atoms with Gasteiger partial charge < -0.3 is 29.7 Å². The van der Waals surface area contributed by atoms with E-state index in [-0.39, 0.29) is 11.3 Å². The predicted molar refractivity (Wildman–Crippen MR) is 182 cm³/mol. The Morgan fingerprint density at radius 3 is 2.47 bits per heavy atom. The van der Waals surface area contributed by atoms with Crippen LogP contribution in [0.2, 0.25) is 0 Å². The van der Waals surface area contributed by atoms with Crippen molar-refractivity contribution in [1.82, 2.24) is 14.9 Å². The Balaban J connectivity index is 1.18. The van der Waals surface area contributed by atoms with E-state index in [1.807, 2.05) is 36.1 Å². The van der Waals surface area contributed by atoms with Gasteiger partial charge in [0.2, 0.25) is 5.88 Å². The van der Waals surface area contributed by atoms with E-state index >= 15 is 0 Å². The Kier molecular flexibility index (Phi) is 10.9. The molecular formula is C36H39F3N6O4. The molecular weight excluding hydrogens is 637 g/mol. The van der Waals surface area contributed by atoms with E-state index in [0.717, 1.165) is 80.5 Å². The molecule has 2 aromatic carbocycles. The molecule has 2 aliphatic heterocycles. The first kappa shape index (κ1) is 34.2. The third-order valence-corrected chi connectivity index (χ3v) is 8.48. The van der Waals surface area contributed by atoms with Crippen LogP contribution < -0.4 is 20.3 Å². The highest BCUT2D eigenvalue weighted by molar-refractivity contribution is 6.06. The maximum Gasteiger partial charge on any atom is 0.416 e. The lowest BCUT2D eigenvalue weighted by Gasteiger charge is -2.31. The number of nitrogens with zero attached hydrogens (tertiary/aromatic N) is 4. The molecule has 0 saturated carbocycles. The molecule has 1 amide bonds. The number of amides is 1. The molecule has 0 atom stereocenters. The van der Waals surface area contributed by atoms with Gasteiger partial charge in [-0.2, -0.15) is 13.2 Å². The zero-order valence-electron chi connectivity index (χ0n) is 27.3. The Bertz CT molecular complexity index is 1740. The molecule has 0 aliphatic carbocycles. The number of benzene rings is 2. The van der Waals surface area contributed by atoms with Crippen LogP contribution in [0.25, 0.3) is 11.1 Å². The van der Waals surface area contributed by atoms with Crippen LogP contribution in [0.3, 0.4) is 0 Å². The summed E-state index contributed by atoms with van der Waals surface area (Å²) in [5.41, 5.74) is 2.26. The molecule has 2 N–H and O–H groups in total. The van der Waals surface area contributed by atoms with Crippen molar-refractivity contribution in [2.75, 3.05) is 81.2 Å². The van der Waals surface area contributed by atoms with Crippen LogP contribution in [0.1, 0.15) is 27.9 Å². The molecule has 0 spiro atoms. The van der Waals surface area contributed by atoms with Crippen molar-refractivity contribution in [1.29, 1.82) is 0 Å². The van der Waals surface area contributed by atoms with Crippen LogP contribution in [0, 0.1) is 6.92 Å². The average Bonchev–Trinajstić information content (AvgIpc) is 3.12. The smallest absolute Gasteiger partial charge is 0.416 e. The molecule has 2 fully saturated rings.